The quantitative estimate of drug-likeness (QED) is 0.450. The van der Waals surface area contributed by atoms with Crippen molar-refractivity contribution in [3.05, 3.63) is 35.8 Å². The lowest BCUT2D eigenvalue weighted by atomic mass is 10.4. The highest BCUT2D eigenvalue weighted by Crippen LogP contribution is 2.18. The molecule has 0 aliphatic carbocycles. The molecule has 0 unspecified atom stereocenters. The van der Waals surface area contributed by atoms with Crippen LogP contribution >= 0.6 is 0 Å². The SMILES string of the molecule is Cc1ccc(C)n1C(C=CN)=NC(F)(F)F. The van der Waals surface area contributed by atoms with Gasteiger partial charge in [0.2, 0.25) is 0 Å². The van der Waals surface area contributed by atoms with Crippen molar-refractivity contribution in [1.82, 2.24) is 4.57 Å². The lowest BCUT2D eigenvalue weighted by Gasteiger charge is -2.10. The summed E-state index contributed by atoms with van der Waals surface area (Å²) >= 11 is 0. The number of nitrogens with two attached hydrogens (primary N) is 1. The van der Waals surface area contributed by atoms with Gasteiger partial charge in [-0.25, -0.2) is 0 Å². The van der Waals surface area contributed by atoms with Crippen LogP contribution in [0.25, 0.3) is 0 Å². The van der Waals surface area contributed by atoms with E-state index in [-0.39, 0.29) is 5.84 Å². The first kappa shape index (κ1) is 12.4. The molecule has 1 heterocycles. The second-order valence-corrected chi connectivity index (χ2v) is 3.25. The molecule has 1 rings (SSSR count). The van der Waals surface area contributed by atoms with Gasteiger partial charge in [0.05, 0.1) is 0 Å². The van der Waals surface area contributed by atoms with Crippen LogP contribution in [0.3, 0.4) is 0 Å². The van der Waals surface area contributed by atoms with E-state index < -0.39 is 6.30 Å². The molecule has 6 heteroatoms. The number of aryl methyl sites for hydroxylation is 2. The van der Waals surface area contributed by atoms with Crippen LogP contribution in [0.2, 0.25) is 0 Å². The minimum atomic E-state index is -4.61. The molecule has 1 aromatic heterocycles. The van der Waals surface area contributed by atoms with Gasteiger partial charge in [0.25, 0.3) is 0 Å². The van der Waals surface area contributed by atoms with Crippen molar-refractivity contribution in [3.63, 3.8) is 0 Å². The van der Waals surface area contributed by atoms with Crippen LogP contribution in [0.1, 0.15) is 11.4 Å². The summed E-state index contributed by atoms with van der Waals surface area (Å²) in [5.74, 6) is -0.241. The first-order valence-corrected chi connectivity index (χ1v) is 4.55. The van der Waals surface area contributed by atoms with Crippen LogP contribution in [0.4, 0.5) is 13.2 Å². The van der Waals surface area contributed by atoms with Gasteiger partial charge in [0.15, 0.2) is 0 Å². The standard InChI is InChI=1S/C10H12F3N3/c1-7-3-4-8(2)16(7)9(5-6-14)15-10(11,12)13/h3-6H,14H2,1-2H3. The Morgan fingerprint density at radius 2 is 1.81 bits per heavy atom. The summed E-state index contributed by atoms with van der Waals surface area (Å²) < 4.78 is 38.0. The highest BCUT2D eigenvalue weighted by atomic mass is 19.4. The Bertz CT molecular complexity index is 408. The van der Waals surface area contributed by atoms with Crippen molar-refractivity contribution in [3.8, 4) is 0 Å². The van der Waals surface area contributed by atoms with E-state index in [0.717, 1.165) is 12.3 Å². The predicted octanol–water partition coefficient (Wildman–Crippen LogP) is 2.34. The Balaban J connectivity index is 3.29. The average molecular weight is 231 g/mol. The van der Waals surface area contributed by atoms with Crippen molar-refractivity contribution < 1.29 is 13.2 Å². The number of hydrogen-bond donors (Lipinski definition) is 1. The van der Waals surface area contributed by atoms with Gasteiger partial charge in [-0.3, -0.25) is 0 Å². The summed E-state index contributed by atoms with van der Waals surface area (Å²) in [7, 11) is 0. The molecule has 2 N–H and O–H groups in total. The molecule has 0 atom stereocenters. The largest absolute Gasteiger partial charge is 0.505 e. The molecule has 0 fully saturated rings. The maximum atomic E-state index is 12.2. The lowest BCUT2D eigenvalue weighted by molar-refractivity contribution is -0.119. The summed E-state index contributed by atoms with van der Waals surface area (Å²) in [5.41, 5.74) is 6.44. The first-order valence-electron chi connectivity index (χ1n) is 4.55. The van der Waals surface area contributed by atoms with Crippen molar-refractivity contribution in [2.24, 2.45) is 10.7 Å². The zero-order chi connectivity index (χ0) is 12.3. The molecular formula is C10H12F3N3. The van der Waals surface area contributed by atoms with Crippen molar-refractivity contribution in [1.29, 1.82) is 0 Å². The molecule has 0 spiro atoms. The third-order valence-electron chi connectivity index (χ3n) is 1.99. The summed E-state index contributed by atoms with van der Waals surface area (Å²) in [5, 5.41) is 0. The summed E-state index contributed by atoms with van der Waals surface area (Å²) in [4.78, 5) is 2.68. The minimum absolute atomic E-state index is 0.241. The van der Waals surface area contributed by atoms with E-state index in [4.69, 9.17) is 5.73 Å². The minimum Gasteiger partial charge on any atom is -0.404 e. The van der Waals surface area contributed by atoms with Gasteiger partial charge in [0, 0.05) is 11.4 Å². The molecule has 0 saturated carbocycles. The third kappa shape index (κ3) is 2.88. The van der Waals surface area contributed by atoms with Crippen LogP contribution in [-0.2, 0) is 0 Å². The summed E-state index contributed by atoms with van der Waals surface area (Å²) in [6.07, 6.45) is -2.46. The molecule has 3 nitrogen and oxygen atoms in total. The predicted molar refractivity (Wildman–Crippen MR) is 56.1 cm³/mol. The van der Waals surface area contributed by atoms with E-state index in [1.807, 2.05) is 0 Å². The summed E-state index contributed by atoms with van der Waals surface area (Å²) in [6, 6.07) is 3.43. The average Bonchev–Trinajstić information content (AvgIpc) is 2.43. The molecule has 1 aromatic rings. The van der Waals surface area contributed by atoms with Crippen molar-refractivity contribution in [2.75, 3.05) is 0 Å². The fourth-order valence-corrected chi connectivity index (χ4v) is 1.41. The molecule has 0 amide bonds. The fraction of sp³-hybridized carbons (Fsp3) is 0.300. The number of alkyl halides is 3. The topological polar surface area (TPSA) is 43.3 Å². The van der Waals surface area contributed by atoms with E-state index >= 15 is 0 Å². The van der Waals surface area contributed by atoms with Crippen molar-refractivity contribution >= 4 is 5.84 Å². The number of nitrogens with zero attached hydrogens (tertiary/aromatic N) is 2. The number of aromatic nitrogens is 1. The fourth-order valence-electron chi connectivity index (χ4n) is 1.41. The van der Waals surface area contributed by atoms with E-state index in [9.17, 15) is 13.2 Å². The lowest BCUT2D eigenvalue weighted by Crippen LogP contribution is -2.17. The Kier molecular flexibility index (Phi) is 3.41. The van der Waals surface area contributed by atoms with Crippen LogP contribution in [-0.4, -0.2) is 16.7 Å². The van der Waals surface area contributed by atoms with Gasteiger partial charge in [-0.05, 0) is 38.3 Å². The van der Waals surface area contributed by atoms with Crippen LogP contribution in [0.15, 0.2) is 29.4 Å². The van der Waals surface area contributed by atoms with Gasteiger partial charge in [-0.2, -0.15) is 4.99 Å². The molecule has 0 bridgehead atoms. The number of aliphatic imine (C=N–C) groups is 1. The van der Waals surface area contributed by atoms with Gasteiger partial charge in [-0.15, -0.1) is 13.2 Å². The van der Waals surface area contributed by atoms with Crippen LogP contribution in [0.5, 0.6) is 0 Å². The highest BCUT2D eigenvalue weighted by Gasteiger charge is 2.27. The first-order chi connectivity index (χ1) is 7.35. The molecule has 0 aromatic carbocycles. The number of allylic oxidation sites excluding steroid dienone is 1. The molecule has 16 heavy (non-hydrogen) atoms. The highest BCUT2D eigenvalue weighted by molar-refractivity contribution is 5.96. The van der Waals surface area contributed by atoms with E-state index in [1.165, 1.54) is 4.57 Å². The monoisotopic (exact) mass is 231 g/mol. The second kappa shape index (κ2) is 4.42. The van der Waals surface area contributed by atoms with Gasteiger partial charge < -0.3 is 10.3 Å². The van der Waals surface area contributed by atoms with Crippen LogP contribution in [0, 0.1) is 13.8 Å². The third-order valence-corrected chi connectivity index (χ3v) is 1.99. The summed E-state index contributed by atoms with van der Waals surface area (Å²) in [6.45, 7) is 3.40. The molecular weight excluding hydrogens is 219 g/mol. The Labute approximate surface area is 91.1 Å². The number of hydrogen-bond acceptors (Lipinski definition) is 2. The maximum absolute atomic E-state index is 12.2. The van der Waals surface area contributed by atoms with Gasteiger partial charge in [-0.1, -0.05) is 0 Å². The van der Waals surface area contributed by atoms with E-state index in [0.29, 0.717) is 11.4 Å². The molecule has 0 aliphatic heterocycles. The van der Waals surface area contributed by atoms with Crippen molar-refractivity contribution in [2.45, 2.75) is 20.1 Å². The Morgan fingerprint density at radius 1 is 1.31 bits per heavy atom. The smallest absolute Gasteiger partial charge is 0.404 e. The Morgan fingerprint density at radius 3 is 2.19 bits per heavy atom. The maximum Gasteiger partial charge on any atom is 0.505 e. The molecule has 0 radical (unpaired) electrons. The number of halogens is 3. The van der Waals surface area contributed by atoms with Crippen LogP contribution < -0.4 is 5.73 Å². The Hall–Kier alpha value is -1.72. The number of rotatable bonds is 1. The van der Waals surface area contributed by atoms with E-state index in [1.54, 1.807) is 26.0 Å². The molecule has 0 saturated heterocycles. The zero-order valence-electron chi connectivity index (χ0n) is 8.92. The van der Waals surface area contributed by atoms with E-state index in [2.05, 4.69) is 4.99 Å². The van der Waals surface area contributed by atoms with Gasteiger partial charge in [0.1, 0.15) is 5.84 Å². The zero-order valence-corrected chi connectivity index (χ0v) is 8.92. The molecule has 0 aliphatic rings. The van der Waals surface area contributed by atoms with Gasteiger partial charge >= 0.3 is 6.30 Å². The molecule has 88 valence electrons. The normalized spacial score (nSPS) is 13.7. The second-order valence-electron chi connectivity index (χ2n) is 3.25.